The summed E-state index contributed by atoms with van der Waals surface area (Å²) in [5.74, 6) is -1.11. The summed E-state index contributed by atoms with van der Waals surface area (Å²) in [6.45, 7) is 5.27. The lowest BCUT2D eigenvalue weighted by molar-refractivity contribution is -0.139. The third-order valence-corrected chi connectivity index (χ3v) is 2.37. The Kier molecular flexibility index (Phi) is 4.92. The first kappa shape index (κ1) is 13.8. The van der Waals surface area contributed by atoms with Crippen LogP contribution in [0.3, 0.4) is 0 Å². The third-order valence-electron chi connectivity index (χ3n) is 2.37. The molecule has 1 unspecified atom stereocenters. The summed E-state index contributed by atoms with van der Waals surface area (Å²) < 4.78 is 0. The number of rotatable bonds is 5. The number of urea groups is 1. The van der Waals surface area contributed by atoms with E-state index in [0.29, 0.717) is 5.56 Å². The average molecular weight is 248 g/mol. The first-order valence-electron chi connectivity index (χ1n) is 5.52. The second-order valence-electron chi connectivity index (χ2n) is 3.82. The number of hydrogen-bond acceptors (Lipinski definition) is 2. The van der Waals surface area contributed by atoms with Crippen LogP contribution in [0, 0.1) is 0 Å². The van der Waals surface area contributed by atoms with Crippen molar-refractivity contribution in [2.75, 3.05) is 0 Å². The van der Waals surface area contributed by atoms with Gasteiger partial charge in [0.2, 0.25) is 0 Å². The van der Waals surface area contributed by atoms with Gasteiger partial charge in [-0.1, -0.05) is 36.4 Å². The molecule has 0 spiro atoms. The van der Waals surface area contributed by atoms with Gasteiger partial charge < -0.3 is 15.7 Å². The van der Waals surface area contributed by atoms with Gasteiger partial charge in [0.15, 0.2) is 6.04 Å². The highest BCUT2D eigenvalue weighted by atomic mass is 16.4. The van der Waals surface area contributed by atoms with E-state index in [4.69, 9.17) is 5.11 Å². The fourth-order valence-corrected chi connectivity index (χ4v) is 1.37. The molecule has 96 valence electrons. The SMILES string of the molecule is C=CC(C)NC(=O)N[C@H](C(=O)O)c1ccccc1. The van der Waals surface area contributed by atoms with Gasteiger partial charge in [0.05, 0.1) is 0 Å². The molecule has 5 nitrogen and oxygen atoms in total. The largest absolute Gasteiger partial charge is 0.479 e. The molecule has 0 bridgehead atoms. The molecule has 0 radical (unpaired) electrons. The zero-order valence-corrected chi connectivity index (χ0v) is 10.1. The van der Waals surface area contributed by atoms with E-state index in [9.17, 15) is 9.59 Å². The molecule has 0 heterocycles. The Hall–Kier alpha value is -2.30. The lowest BCUT2D eigenvalue weighted by Gasteiger charge is -2.17. The van der Waals surface area contributed by atoms with Crippen LogP contribution in [0.15, 0.2) is 43.0 Å². The molecule has 2 atom stereocenters. The van der Waals surface area contributed by atoms with Crippen LogP contribution in [-0.4, -0.2) is 23.1 Å². The zero-order valence-electron chi connectivity index (χ0n) is 10.1. The van der Waals surface area contributed by atoms with Gasteiger partial charge in [-0.3, -0.25) is 0 Å². The summed E-state index contributed by atoms with van der Waals surface area (Å²) in [4.78, 5) is 22.7. The summed E-state index contributed by atoms with van der Waals surface area (Å²) in [5.41, 5.74) is 0.520. The summed E-state index contributed by atoms with van der Waals surface area (Å²) in [7, 11) is 0. The van der Waals surface area contributed by atoms with E-state index in [-0.39, 0.29) is 6.04 Å². The van der Waals surface area contributed by atoms with Crippen LogP contribution in [0.1, 0.15) is 18.5 Å². The lowest BCUT2D eigenvalue weighted by atomic mass is 10.1. The van der Waals surface area contributed by atoms with Crippen molar-refractivity contribution in [2.45, 2.75) is 19.0 Å². The Morgan fingerprint density at radius 2 is 1.89 bits per heavy atom. The van der Waals surface area contributed by atoms with Gasteiger partial charge in [0, 0.05) is 6.04 Å². The molecule has 1 rings (SSSR count). The molecule has 0 aliphatic heterocycles. The number of amides is 2. The molecule has 0 fully saturated rings. The van der Waals surface area contributed by atoms with Crippen molar-refractivity contribution >= 4 is 12.0 Å². The van der Waals surface area contributed by atoms with Crippen molar-refractivity contribution in [1.82, 2.24) is 10.6 Å². The molecule has 2 amide bonds. The molecular formula is C13H16N2O3. The van der Waals surface area contributed by atoms with E-state index in [1.54, 1.807) is 43.3 Å². The molecule has 0 aliphatic carbocycles. The number of benzene rings is 1. The summed E-state index contributed by atoms with van der Waals surface area (Å²) in [6.07, 6.45) is 1.55. The van der Waals surface area contributed by atoms with Crippen LogP contribution in [0.5, 0.6) is 0 Å². The maximum Gasteiger partial charge on any atom is 0.330 e. The number of carboxylic acid groups (broad SMARTS) is 1. The molecular weight excluding hydrogens is 232 g/mol. The Balaban J connectivity index is 2.73. The van der Waals surface area contributed by atoms with Gasteiger partial charge >= 0.3 is 12.0 Å². The molecule has 0 saturated carbocycles. The van der Waals surface area contributed by atoms with Crippen LogP contribution < -0.4 is 10.6 Å². The number of nitrogens with one attached hydrogen (secondary N) is 2. The molecule has 1 aromatic carbocycles. The molecule has 0 saturated heterocycles. The van der Waals surface area contributed by atoms with Gasteiger partial charge in [-0.15, -0.1) is 6.58 Å². The van der Waals surface area contributed by atoms with Gasteiger partial charge in [-0.2, -0.15) is 0 Å². The Labute approximate surface area is 106 Å². The van der Waals surface area contributed by atoms with Crippen molar-refractivity contribution < 1.29 is 14.7 Å². The smallest absolute Gasteiger partial charge is 0.330 e. The van der Waals surface area contributed by atoms with E-state index in [1.165, 1.54) is 0 Å². The monoisotopic (exact) mass is 248 g/mol. The molecule has 3 N–H and O–H groups in total. The van der Waals surface area contributed by atoms with Crippen LogP contribution in [0.2, 0.25) is 0 Å². The predicted octanol–water partition coefficient (Wildman–Crippen LogP) is 1.69. The van der Waals surface area contributed by atoms with E-state index in [2.05, 4.69) is 17.2 Å². The van der Waals surface area contributed by atoms with Gasteiger partial charge in [0.1, 0.15) is 0 Å². The number of carbonyl (C=O) groups is 2. The van der Waals surface area contributed by atoms with E-state index in [1.807, 2.05) is 0 Å². The standard InChI is InChI=1S/C13H16N2O3/c1-3-9(2)14-13(18)15-11(12(16)17)10-7-5-4-6-8-10/h3-9,11H,1H2,2H3,(H,16,17)(H2,14,15,18)/t9?,11-/m0/s1. The minimum atomic E-state index is -1.11. The van der Waals surface area contributed by atoms with E-state index < -0.39 is 18.0 Å². The van der Waals surface area contributed by atoms with Crippen molar-refractivity contribution in [2.24, 2.45) is 0 Å². The maximum atomic E-state index is 11.6. The van der Waals surface area contributed by atoms with Crippen molar-refractivity contribution in [3.05, 3.63) is 48.6 Å². The van der Waals surface area contributed by atoms with Crippen molar-refractivity contribution in [3.8, 4) is 0 Å². The second-order valence-corrected chi connectivity index (χ2v) is 3.82. The maximum absolute atomic E-state index is 11.6. The zero-order chi connectivity index (χ0) is 13.5. The summed E-state index contributed by atoms with van der Waals surface area (Å²) >= 11 is 0. The fourth-order valence-electron chi connectivity index (χ4n) is 1.37. The summed E-state index contributed by atoms with van der Waals surface area (Å²) in [6, 6.07) is 6.68. The highest BCUT2D eigenvalue weighted by Gasteiger charge is 2.21. The number of hydrogen-bond donors (Lipinski definition) is 3. The molecule has 0 aromatic heterocycles. The van der Waals surface area contributed by atoms with Crippen LogP contribution in [0.4, 0.5) is 4.79 Å². The van der Waals surface area contributed by atoms with Crippen LogP contribution in [0.25, 0.3) is 0 Å². The summed E-state index contributed by atoms with van der Waals surface area (Å²) in [5, 5.41) is 14.1. The average Bonchev–Trinajstić information content (AvgIpc) is 2.36. The topological polar surface area (TPSA) is 78.4 Å². The van der Waals surface area contributed by atoms with Crippen LogP contribution in [-0.2, 0) is 4.79 Å². The lowest BCUT2D eigenvalue weighted by Crippen LogP contribution is -2.43. The van der Waals surface area contributed by atoms with Crippen molar-refractivity contribution in [1.29, 1.82) is 0 Å². The van der Waals surface area contributed by atoms with Gasteiger partial charge in [-0.25, -0.2) is 9.59 Å². The molecule has 5 heteroatoms. The molecule has 0 aliphatic rings. The quantitative estimate of drug-likeness (QED) is 0.694. The number of carbonyl (C=O) groups excluding carboxylic acids is 1. The third kappa shape index (κ3) is 3.93. The second kappa shape index (κ2) is 6.44. The normalized spacial score (nSPS) is 13.2. The molecule has 18 heavy (non-hydrogen) atoms. The first-order chi connectivity index (χ1) is 8.54. The first-order valence-corrected chi connectivity index (χ1v) is 5.52. The van der Waals surface area contributed by atoms with Crippen LogP contribution >= 0.6 is 0 Å². The predicted molar refractivity (Wildman–Crippen MR) is 68.1 cm³/mol. The highest BCUT2D eigenvalue weighted by Crippen LogP contribution is 2.12. The van der Waals surface area contributed by atoms with Crippen molar-refractivity contribution in [3.63, 3.8) is 0 Å². The highest BCUT2D eigenvalue weighted by molar-refractivity contribution is 5.83. The number of carboxylic acids is 1. The minimum absolute atomic E-state index is 0.227. The Morgan fingerprint density at radius 3 is 2.39 bits per heavy atom. The minimum Gasteiger partial charge on any atom is -0.479 e. The van der Waals surface area contributed by atoms with E-state index in [0.717, 1.165) is 0 Å². The molecule has 1 aromatic rings. The van der Waals surface area contributed by atoms with Gasteiger partial charge in [-0.05, 0) is 12.5 Å². The fraction of sp³-hybridized carbons (Fsp3) is 0.231. The Morgan fingerprint density at radius 1 is 1.28 bits per heavy atom. The van der Waals surface area contributed by atoms with Gasteiger partial charge in [0.25, 0.3) is 0 Å². The van der Waals surface area contributed by atoms with E-state index >= 15 is 0 Å². The Bertz CT molecular complexity index is 431. The number of aliphatic carboxylic acids is 1.